The van der Waals surface area contributed by atoms with Crippen molar-refractivity contribution in [3.63, 3.8) is 0 Å². The Balaban J connectivity index is 2.70. The minimum atomic E-state index is -0.587. The lowest BCUT2D eigenvalue weighted by atomic mass is 10.0. The van der Waals surface area contributed by atoms with Gasteiger partial charge in [0.25, 0.3) is 5.70 Å². The van der Waals surface area contributed by atoms with Crippen molar-refractivity contribution in [2.24, 2.45) is 5.92 Å². The van der Waals surface area contributed by atoms with E-state index in [0.29, 0.717) is 23.8 Å². The molecule has 1 aromatic rings. The molecule has 1 rings (SSSR count). The summed E-state index contributed by atoms with van der Waals surface area (Å²) in [5.41, 5.74) is 1.32. The van der Waals surface area contributed by atoms with Gasteiger partial charge in [-0.3, -0.25) is 9.59 Å². The van der Waals surface area contributed by atoms with Crippen LogP contribution in [-0.4, -0.2) is 18.5 Å². The summed E-state index contributed by atoms with van der Waals surface area (Å²) in [4.78, 5) is 26.4. The first-order valence-corrected chi connectivity index (χ1v) is 8.64. The number of hydrogen-bond acceptors (Lipinski definition) is 3. The lowest BCUT2D eigenvalue weighted by Gasteiger charge is -2.14. The third-order valence-corrected chi connectivity index (χ3v) is 3.86. The molecule has 0 heterocycles. The summed E-state index contributed by atoms with van der Waals surface area (Å²) < 4.78 is 5.32. The molecule has 1 aromatic carbocycles. The largest absolute Gasteiger partial charge is 0.470 e. The van der Waals surface area contributed by atoms with Crippen LogP contribution in [0.4, 0.5) is 5.69 Å². The number of rotatable bonds is 9. The molecular weight excluding hydrogens is 316 g/mol. The highest BCUT2D eigenvalue weighted by atomic mass is 16.5. The van der Waals surface area contributed by atoms with Gasteiger partial charge in [-0.25, -0.2) is 4.85 Å². The van der Waals surface area contributed by atoms with Gasteiger partial charge in [-0.15, -0.1) is 0 Å². The van der Waals surface area contributed by atoms with Crippen molar-refractivity contribution in [1.82, 2.24) is 0 Å². The number of carbonyl (C=O) groups excluding carboxylic acids is 2. The SMILES string of the molecule is [C-]#[N+]/C(=C\c1ccc(NC(C)=O)cc1)C(=O)OCC(CC)CCCC. The second-order valence-corrected chi connectivity index (χ2v) is 5.96. The number of amides is 1. The molecule has 5 heteroatoms. The second kappa shape index (κ2) is 11.0. The first-order valence-electron chi connectivity index (χ1n) is 8.64. The maximum Gasteiger partial charge on any atom is 0.336 e. The summed E-state index contributed by atoms with van der Waals surface area (Å²) in [7, 11) is 0. The van der Waals surface area contributed by atoms with Gasteiger partial charge in [-0.1, -0.05) is 45.2 Å². The van der Waals surface area contributed by atoms with E-state index in [9.17, 15) is 9.59 Å². The fraction of sp³-hybridized carbons (Fsp3) is 0.450. The topological polar surface area (TPSA) is 59.8 Å². The molecule has 1 atom stereocenters. The number of nitrogens with zero attached hydrogens (tertiary/aromatic N) is 1. The number of nitrogens with one attached hydrogen (secondary N) is 1. The van der Waals surface area contributed by atoms with Crippen LogP contribution in [0.3, 0.4) is 0 Å². The van der Waals surface area contributed by atoms with E-state index in [2.05, 4.69) is 24.0 Å². The highest BCUT2D eigenvalue weighted by molar-refractivity contribution is 5.95. The number of ether oxygens (including phenoxy) is 1. The fourth-order valence-electron chi connectivity index (χ4n) is 2.33. The summed E-state index contributed by atoms with van der Waals surface area (Å²) >= 11 is 0. The van der Waals surface area contributed by atoms with Gasteiger partial charge in [0, 0.05) is 12.6 Å². The van der Waals surface area contributed by atoms with E-state index >= 15 is 0 Å². The summed E-state index contributed by atoms with van der Waals surface area (Å²) in [6, 6.07) is 6.91. The summed E-state index contributed by atoms with van der Waals surface area (Å²) in [6.07, 6.45) is 5.71. The average Bonchev–Trinajstić information content (AvgIpc) is 2.60. The monoisotopic (exact) mass is 342 g/mol. The van der Waals surface area contributed by atoms with Crippen molar-refractivity contribution in [1.29, 1.82) is 0 Å². The Labute approximate surface area is 149 Å². The lowest BCUT2D eigenvalue weighted by Crippen LogP contribution is -2.14. The zero-order chi connectivity index (χ0) is 18.7. The Kier molecular flexibility index (Phi) is 9.02. The summed E-state index contributed by atoms with van der Waals surface area (Å²) in [5.74, 6) is -0.397. The van der Waals surface area contributed by atoms with Crippen molar-refractivity contribution >= 4 is 23.6 Å². The molecule has 0 aliphatic heterocycles. The van der Waals surface area contributed by atoms with Crippen LogP contribution in [0.5, 0.6) is 0 Å². The van der Waals surface area contributed by atoms with E-state index in [4.69, 9.17) is 11.3 Å². The quantitative estimate of drug-likeness (QED) is 0.403. The summed E-state index contributed by atoms with van der Waals surface area (Å²) in [6.45, 7) is 13.2. The third-order valence-electron chi connectivity index (χ3n) is 3.86. The molecule has 0 saturated heterocycles. The second-order valence-electron chi connectivity index (χ2n) is 5.96. The molecule has 0 radical (unpaired) electrons. The number of unbranched alkanes of at least 4 members (excludes halogenated alkanes) is 1. The molecule has 0 aliphatic rings. The van der Waals surface area contributed by atoms with Gasteiger partial charge < -0.3 is 10.1 Å². The van der Waals surface area contributed by atoms with Crippen LogP contribution >= 0.6 is 0 Å². The van der Waals surface area contributed by atoms with E-state index < -0.39 is 5.97 Å². The Morgan fingerprint density at radius 3 is 2.48 bits per heavy atom. The first kappa shape index (κ1) is 20.4. The van der Waals surface area contributed by atoms with Crippen molar-refractivity contribution in [3.05, 3.63) is 46.9 Å². The van der Waals surface area contributed by atoms with Gasteiger partial charge in [0.05, 0.1) is 13.2 Å². The minimum Gasteiger partial charge on any atom is -0.470 e. The number of carbonyl (C=O) groups is 2. The standard InChI is InChI=1S/C20H26N2O3/c1-5-7-8-16(6-2)14-25-20(24)19(21-4)13-17-9-11-18(12-10-17)22-15(3)23/h9-13,16H,5-8,14H2,1-3H3,(H,22,23)/b19-13-. The third kappa shape index (κ3) is 7.67. The Morgan fingerprint density at radius 2 is 1.96 bits per heavy atom. The Morgan fingerprint density at radius 1 is 1.28 bits per heavy atom. The van der Waals surface area contributed by atoms with Crippen molar-refractivity contribution in [2.45, 2.75) is 46.5 Å². The molecule has 25 heavy (non-hydrogen) atoms. The van der Waals surface area contributed by atoms with Gasteiger partial charge in [0.1, 0.15) is 0 Å². The molecule has 5 nitrogen and oxygen atoms in total. The normalized spacial score (nSPS) is 12.2. The van der Waals surface area contributed by atoms with Crippen molar-refractivity contribution in [2.75, 3.05) is 11.9 Å². The molecule has 0 bridgehead atoms. The van der Waals surface area contributed by atoms with Crippen molar-refractivity contribution < 1.29 is 14.3 Å². The van der Waals surface area contributed by atoms with Crippen molar-refractivity contribution in [3.8, 4) is 0 Å². The van der Waals surface area contributed by atoms with Crippen LogP contribution in [0.1, 0.15) is 52.0 Å². The lowest BCUT2D eigenvalue weighted by molar-refractivity contribution is -0.140. The Bertz CT molecular complexity index is 642. The highest BCUT2D eigenvalue weighted by Crippen LogP contribution is 2.16. The van der Waals surface area contributed by atoms with E-state index in [1.165, 1.54) is 13.0 Å². The Hall–Kier alpha value is -2.61. The van der Waals surface area contributed by atoms with Gasteiger partial charge >= 0.3 is 5.97 Å². The molecule has 0 aromatic heterocycles. The van der Waals surface area contributed by atoms with Crippen LogP contribution < -0.4 is 5.32 Å². The maximum atomic E-state index is 12.1. The van der Waals surface area contributed by atoms with E-state index in [1.54, 1.807) is 24.3 Å². The van der Waals surface area contributed by atoms with Gasteiger partial charge in [0.15, 0.2) is 0 Å². The van der Waals surface area contributed by atoms with Crippen LogP contribution in [0, 0.1) is 12.5 Å². The number of benzene rings is 1. The van der Waals surface area contributed by atoms with Gasteiger partial charge in [-0.05, 0) is 36.1 Å². The fourth-order valence-corrected chi connectivity index (χ4v) is 2.33. The number of anilines is 1. The molecule has 134 valence electrons. The smallest absolute Gasteiger partial charge is 0.336 e. The van der Waals surface area contributed by atoms with E-state index in [0.717, 1.165) is 25.7 Å². The molecular formula is C20H26N2O3. The zero-order valence-electron chi connectivity index (χ0n) is 15.2. The number of hydrogen-bond donors (Lipinski definition) is 1. The maximum absolute atomic E-state index is 12.1. The van der Waals surface area contributed by atoms with Gasteiger partial charge in [0.2, 0.25) is 5.91 Å². The van der Waals surface area contributed by atoms with E-state index in [-0.39, 0.29) is 11.6 Å². The van der Waals surface area contributed by atoms with Crippen LogP contribution in [0.15, 0.2) is 30.0 Å². The van der Waals surface area contributed by atoms with Crippen LogP contribution in [-0.2, 0) is 14.3 Å². The predicted molar refractivity (Wildman–Crippen MR) is 99.6 cm³/mol. The van der Waals surface area contributed by atoms with E-state index in [1.807, 2.05) is 0 Å². The molecule has 1 amide bonds. The minimum absolute atomic E-state index is 0.0439. The first-order chi connectivity index (χ1) is 12.0. The molecule has 0 saturated carbocycles. The predicted octanol–water partition coefficient (Wildman–Crippen LogP) is 4.66. The molecule has 0 spiro atoms. The zero-order valence-corrected chi connectivity index (χ0v) is 15.2. The summed E-state index contributed by atoms with van der Waals surface area (Å²) in [5, 5.41) is 2.67. The molecule has 0 aliphatic carbocycles. The van der Waals surface area contributed by atoms with Gasteiger partial charge in [-0.2, -0.15) is 0 Å². The molecule has 1 N–H and O–H groups in total. The van der Waals surface area contributed by atoms with Crippen LogP contribution in [0.2, 0.25) is 0 Å². The molecule has 0 fully saturated rings. The molecule has 1 unspecified atom stereocenters. The average molecular weight is 342 g/mol. The highest BCUT2D eigenvalue weighted by Gasteiger charge is 2.14. The van der Waals surface area contributed by atoms with Crippen LogP contribution in [0.25, 0.3) is 10.9 Å². The number of esters is 1.